The summed E-state index contributed by atoms with van der Waals surface area (Å²) in [5.41, 5.74) is 1.69. The molecule has 30 heavy (non-hydrogen) atoms. The van der Waals surface area contributed by atoms with Crippen LogP contribution in [0.5, 0.6) is 11.5 Å². The van der Waals surface area contributed by atoms with Gasteiger partial charge in [0.1, 0.15) is 11.5 Å². The zero-order valence-electron chi connectivity index (χ0n) is 17.6. The van der Waals surface area contributed by atoms with Gasteiger partial charge < -0.3 is 18.9 Å². The lowest BCUT2D eigenvalue weighted by Crippen LogP contribution is -2.31. The van der Waals surface area contributed by atoms with Gasteiger partial charge in [0.15, 0.2) is 0 Å². The first-order valence-corrected chi connectivity index (χ1v) is 10.1. The van der Waals surface area contributed by atoms with Crippen LogP contribution in [-0.2, 0) is 11.2 Å². The molecule has 0 bridgehead atoms. The number of ether oxygens (including phenoxy) is 2. The fourth-order valence-electron chi connectivity index (χ4n) is 3.07. The maximum absolute atomic E-state index is 12.9. The Bertz CT molecular complexity index is 936. The van der Waals surface area contributed by atoms with Crippen LogP contribution < -0.4 is 14.4 Å². The number of nitrogens with zero attached hydrogens (tertiary/aromatic N) is 3. The number of hydrogen-bond acceptors (Lipinski definition) is 6. The highest BCUT2D eigenvalue weighted by Crippen LogP contribution is 2.22. The summed E-state index contributed by atoms with van der Waals surface area (Å²) in [4.78, 5) is 19.1. The first kappa shape index (κ1) is 21.4. The van der Waals surface area contributed by atoms with Crippen molar-refractivity contribution in [1.29, 1.82) is 0 Å². The highest BCUT2D eigenvalue weighted by atomic mass is 16.5. The first-order chi connectivity index (χ1) is 14.6. The van der Waals surface area contributed by atoms with E-state index in [4.69, 9.17) is 14.0 Å². The molecule has 0 atom stereocenters. The van der Waals surface area contributed by atoms with Crippen molar-refractivity contribution in [1.82, 2.24) is 10.1 Å². The van der Waals surface area contributed by atoms with Crippen molar-refractivity contribution in [2.24, 2.45) is 0 Å². The molecule has 3 rings (SSSR count). The fourth-order valence-corrected chi connectivity index (χ4v) is 3.07. The molecule has 7 nitrogen and oxygen atoms in total. The summed E-state index contributed by atoms with van der Waals surface area (Å²) in [5.74, 6) is 2.51. The Hall–Kier alpha value is -3.35. The smallest absolute Gasteiger partial charge is 0.227 e. The molecule has 0 saturated heterocycles. The van der Waals surface area contributed by atoms with Crippen molar-refractivity contribution in [2.75, 3.05) is 25.2 Å². The van der Waals surface area contributed by atoms with Gasteiger partial charge in [0.05, 0.1) is 13.7 Å². The van der Waals surface area contributed by atoms with E-state index in [-0.39, 0.29) is 12.3 Å². The molecule has 0 aliphatic heterocycles. The van der Waals surface area contributed by atoms with Crippen LogP contribution in [-0.4, -0.2) is 36.3 Å². The molecule has 0 aliphatic rings. The molecule has 3 aromatic rings. The van der Waals surface area contributed by atoms with Crippen molar-refractivity contribution in [2.45, 2.75) is 33.1 Å². The Morgan fingerprint density at radius 3 is 2.37 bits per heavy atom. The third kappa shape index (κ3) is 5.37. The van der Waals surface area contributed by atoms with E-state index < -0.39 is 0 Å². The van der Waals surface area contributed by atoms with Crippen LogP contribution in [0.25, 0.3) is 11.4 Å². The van der Waals surface area contributed by atoms with E-state index in [0.29, 0.717) is 31.3 Å². The molecular formula is C23H27N3O4. The normalized spacial score (nSPS) is 10.6. The van der Waals surface area contributed by atoms with Crippen LogP contribution in [0.2, 0.25) is 0 Å². The molecule has 0 N–H and O–H groups in total. The summed E-state index contributed by atoms with van der Waals surface area (Å²) in [7, 11) is 1.62. The maximum atomic E-state index is 12.9. The summed E-state index contributed by atoms with van der Waals surface area (Å²) in [6.45, 7) is 5.25. The number of benzene rings is 2. The number of anilines is 1. The SMILES string of the molecule is CCCN(C(=O)CCc1nc(-c2ccc(OC)cc2)no1)c1ccc(OCC)cc1. The molecule has 1 heterocycles. The zero-order valence-corrected chi connectivity index (χ0v) is 17.6. The van der Waals surface area contributed by atoms with Crippen LogP contribution >= 0.6 is 0 Å². The molecule has 0 fully saturated rings. The summed E-state index contributed by atoms with van der Waals surface area (Å²) in [6.07, 6.45) is 1.54. The molecule has 1 aromatic heterocycles. The van der Waals surface area contributed by atoms with Crippen LogP contribution in [0.1, 0.15) is 32.6 Å². The number of aromatic nitrogens is 2. The van der Waals surface area contributed by atoms with Gasteiger partial charge in [0.2, 0.25) is 17.6 Å². The average molecular weight is 409 g/mol. The molecule has 1 amide bonds. The largest absolute Gasteiger partial charge is 0.497 e. The lowest BCUT2D eigenvalue weighted by atomic mass is 10.2. The Morgan fingerprint density at radius 1 is 1.03 bits per heavy atom. The van der Waals surface area contributed by atoms with Gasteiger partial charge >= 0.3 is 0 Å². The van der Waals surface area contributed by atoms with E-state index in [1.54, 1.807) is 12.0 Å². The molecule has 0 unspecified atom stereocenters. The van der Waals surface area contributed by atoms with Gasteiger partial charge in [-0.1, -0.05) is 12.1 Å². The molecular weight excluding hydrogens is 382 g/mol. The van der Waals surface area contributed by atoms with Crippen molar-refractivity contribution in [3.05, 3.63) is 54.4 Å². The lowest BCUT2D eigenvalue weighted by molar-refractivity contribution is -0.118. The van der Waals surface area contributed by atoms with E-state index >= 15 is 0 Å². The number of carbonyl (C=O) groups is 1. The van der Waals surface area contributed by atoms with E-state index in [0.717, 1.165) is 29.2 Å². The number of rotatable bonds is 10. The maximum Gasteiger partial charge on any atom is 0.227 e. The number of amides is 1. The summed E-state index contributed by atoms with van der Waals surface area (Å²) >= 11 is 0. The van der Waals surface area contributed by atoms with Crippen molar-refractivity contribution >= 4 is 11.6 Å². The van der Waals surface area contributed by atoms with E-state index in [1.807, 2.05) is 62.4 Å². The number of aryl methyl sites for hydroxylation is 1. The predicted octanol–water partition coefficient (Wildman–Crippen LogP) is 4.52. The lowest BCUT2D eigenvalue weighted by Gasteiger charge is -2.22. The Balaban J connectivity index is 1.63. The number of carbonyl (C=O) groups excluding carboxylic acids is 1. The van der Waals surface area contributed by atoms with Crippen molar-refractivity contribution < 1.29 is 18.8 Å². The van der Waals surface area contributed by atoms with Gasteiger partial charge in [-0.25, -0.2) is 0 Å². The topological polar surface area (TPSA) is 77.7 Å². The van der Waals surface area contributed by atoms with Crippen molar-refractivity contribution in [3.63, 3.8) is 0 Å². The number of methoxy groups -OCH3 is 1. The predicted molar refractivity (Wildman–Crippen MR) is 115 cm³/mol. The molecule has 7 heteroatoms. The summed E-state index contributed by atoms with van der Waals surface area (Å²) < 4.78 is 16.0. The van der Waals surface area contributed by atoms with E-state index in [2.05, 4.69) is 10.1 Å². The minimum absolute atomic E-state index is 0.0187. The standard InChI is InChI=1S/C23H27N3O4/c1-4-16-26(18-8-12-20(13-9-18)29-5-2)22(27)15-14-21-24-23(25-30-21)17-6-10-19(28-3)11-7-17/h6-13H,4-5,14-16H2,1-3H3. The van der Waals surface area contributed by atoms with Gasteiger partial charge in [0, 0.05) is 30.6 Å². The van der Waals surface area contributed by atoms with Gasteiger partial charge in [0.25, 0.3) is 0 Å². The Labute approximate surface area is 176 Å². The monoisotopic (exact) mass is 409 g/mol. The molecule has 158 valence electrons. The molecule has 0 saturated carbocycles. The third-order valence-corrected chi connectivity index (χ3v) is 4.58. The minimum Gasteiger partial charge on any atom is -0.497 e. The second-order valence-corrected chi connectivity index (χ2v) is 6.71. The minimum atomic E-state index is 0.0187. The molecule has 2 aromatic carbocycles. The van der Waals surface area contributed by atoms with Gasteiger partial charge in [-0.3, -0.25) is 4.79 Å². The highest BCUT2D eigenvalue weighted by molar-refractivity contribution is 5.93. The van der Waals surface area contributed by atoms with Crippen LogP contribution in [0, 0.1) is 0 Å². The second-order valence-electron chi connectivity index (χ2n) is 6.71. The van der Waals surface area contributed by atoms with Gasteiger partial charge in [-0.2, -0.15) is 4.98 Å². The van der Waals surface area contributed by atoms with Gasteiger partial charge in [-0.15, -0.1) is 0 Å². The van der Waals surface area contributed by atoms with Crippen LogP contribution in [0.3, 0.4) is 0 Å². The third-order valence-electron chi connectivity index (χ3n) is 4.58. The van der Waals surface area contributed by atoms with Crippen LogP contribution in [0.4, 0.5) is 5.69 Å². The van der Waals surface area contributed by atoms with E-state index in [1.165, 1.54) is 0 Å². The zero-order chi connectivity index (χ0) is 21.3. The Morgan fingerprint density at radius 2 is 1.73 bits per heavy atom. The fraction of sp³-hybridized carbons (Fsp3) is 0.348. The van der Waals surface area contributed by atoms with Crippen molar-refractivity contribution in [3.8, 4) is 22.9 Å². The molecule has 0 spiro atoms. The summed E-state index contributed by atoms with van der Waals surface area (Å²) in [5, 5.41) is 4.02. The Kier molecular flexibility index (Phi) is 7.43. The average Bonchev–Trinajstić information content (AvgIpc) is 3.26. The van der Waals surface area contributed by atoms with E-state index in [9.17, 15) is 4.79 Å². The number of hydrogen-bond donors (Lipinski definition) is 0. The van der Waals surface area contributed by atoms with Gasteiger partial charge in [-0.05, 0) is 61.9 Å². The highest BCUT2D eigenvalue weighted by Gasteiger charge is 2.17. The summed E-state index contributed by atoms with van der Waals surface area (Å²) in [6, 6.07) is 15.0. The van der Waals surface area contributed by atoms with Crippen LogP contribution in [0.15, 0.2) is 53.1 Å². The quantitative estimate of drug-likeness (QED) is 0.490. The second kappa shape index (κ2) is 10.4. The first-order valence-electron chi connectivity index (χ1n) is 10.1. The molecule has 0 radical (unpaired) electrons. The molecule has 0 aliphatic carbocycles.